The number of fused-ring (bicyclic) bond motifs is 1. The number of aryl methyl sites for hydroxylation is 1. The van der Waals surface area contributed by atoms with E-state index in [9.17, 15) is 4.79 Å². The summed E-state index contributed by atoms with van der Waals surface area (Å²) >= 11 is 0. The number of carbonyl (C=O) groups excluding carboxylic acids is 1. The Bertz CT molecular complexity index is 618. The molecule has 1 atom stereocenters. The summed E-state index contributed by atoms with van der Waals surface area (Å²) in [5.74, 6) is 0.112. The summed E-state index contributed by atoms with van der Waals surface area (Å²) in [6.07, 6.45) is 3.37. The second kappa shape index (κ2) is 6.09. The Morgan fingerprint density at radius 3 is 3.38 bits per heavy atom. The van der Waals surface area contributed by atoms with Crippen molar-refractivity contribution in [3.63, 3.8) is 0 Å². The number of carbonyl (C=O) groups is 1. The fourth-order valence-corrected chi connectivity index (χ4v) is 2.64. The number of hydrogen-bond donors (Lipinski definition) is 2. The number of nitrogens with zero attached hydrogens (tertiary/aromatic N) is 3. The van der Waals surface area contributed by atoms with E-state index >= 15 is 0 Å². The molecule has 0 radical (unpaired) electrons. The maximum atomic E-state index is 12.2. The first-order valence-corrected chi connectivity index (χ1v) is 7.07. The maximum absolute atomic E-state index is 12.2. The van der Waals surface area contributed by atoms with Crippen LogP contribution in [0.3, 0.4) is 0 Å². The fraction of sp³-hybridized carbons (Fsp3) is 0.500. The summed E-state index contributed by atoms with van der Waals surface area (Å²) < 4.78 is 6.98. The molecule has 1 amide bonds. The number of hydrogen-bond acceptors (Lipinski definition) is 4. The molecule has 3 rings (SSSR count). The number of ether oxygens (including phenoxy) is 1. The van der Waals surface area contributed by atoms with Gasteiger partial charge in [-0.05, 0) is 18.6 Å². The zero-order valence-corrected chi connectivity index (χ0v) is 12.0. The van der Waals surface area contributed by atoms with Crippen LogP contribution in [0.15, 0.2) is 18.3 Å². The van der Waals surface area contributed by atoms with Crippen molar-refractivity contribution in [2.45, 2.75) is 32.5 Å². The Labute approximate surface area is 122 Å². The van der Waals surface area contributed by atoms with Gasteiger partial charge in [0, 0.05) is 37.9 Å². The highest BCUT2D eigenvalue weighted by Gasteiger charge is 2.24. The molecule has 0 saturated heterocycles. The number of aromatic amines is 1. The van der Waals surface area contributed by atoms with E-state index < -0.39 is 0 Å². The number of aromatic nitrogens is 4. The number of H-pyrrole nitrogens is 1. The highest BCUT2D eigenvalue weighted by molar-refractivity contribution is 5.78. The Kier molecular flexibility index (Phi) is 4.01. The highest BCUT2D eigenvalue weighted by Crippen LogP contribution is 2.19. The van der Waals surface area contributed by atoms with E-state index in [2.05, 4.69) is 20.6 Å². The van der Waals surface area contributed by atoms with E-state index in [0.29, 0.717) is 13.2 Å². The van der Waals surface area contributed by atoms with Gasteiger partial charge in [-0.2, -0.15) is 10.2 Å². The van der Waals surface area contributed by atoms with Crippen LogP contribution < -0.4 is 5.32 Å². The Morgan fingerprint density at radius 2 is 2.52 bits per heavy atom. The van der Waals surface area contributed by atoms with Crippen LogP contribution in [0.5, 0.6) is 0 Å². The van der Waals surface area contributed by atoms with Gasteiger partial charge in [-0.1, -0.05) is 0 Å². The normalized spacial score (nSPS) is 17.5. The monoisotopic (exact) mass is 289 g/mol. The van der Waals surface area contributed by atoms with Crippen molar-refractivity contribution in [1.29, 1.82) is 0 Å². The average Bonchev–Trinajstić information content (AvgIpc) is 3.13. The van der Waals surface area contributed by atoms with Gasteiger partial charge < -0.3 is 10.1 Å². The van der Waals surface area contributed by atoms with Crippen molar-refractivity contribution in [1.82, 2.24) is 25.3 Å². The lowest BCUT2D eigenvalue weighted by Gasteiger charge is -2.22. The molecule has 7 heteroatoms. The van der Waals surface area contributed by atoms with E-state index in [0.717, 1.165) is 36.5 Å². The van der Waals surface area contributed by atoms with Crippen LogP contribution in [0.4, 0.5) is 0 Å². The molecule has 0 spiro atoms. The largest absolute Gasteiger partial charge is 0.378 e. The predicted octanol–water partition coefficient (Wildman–Crippen LogP) is 0.631. The van der Waals surface area contributed by atoms with Crippen molar-refractivity contribution in [3.8, 4) is 0 Å². The van der Waals surface area contributed by atoms with Gasteiger partial charge in [-0.15, -0.1) is 0 Å². The number of amides is 1. The number of rotatable bonds is 5. The third-order valence-electron chi connectivity index (χ3n) is 3.75. The Balaban J connectivity index is 1.52. The molecule has 0 aliphatic carbocycles. The molecule has 7 nitrogen and oxygen atoms in total. The lowest BCUT2D eigenvalue weighted by molar-refractivity contribution is -0.125. The molecule has 112 valence electrons. The van der Waals surface area contributed by atoms with E-state index in [-0.39, 0.29) is 11.8 Å². The second-order valence-electron chi connectivity index (χ2n) is 5.27. The molecule has 0 aromatic carbocycles. The van der Waals surface area contributed by atoms with Crippen LogP contribution in [0.2, 0.25) is 0 Å². The zero-order chi connectivity index (χ0) is 14.7. The summed E-state index contributed by atoms with van der Waals surface area (Å²) in [6.45, 7) is 1.74. The Hall–Kier alpha value is -2.15. The van der Waals surface area contributed by atoms with Gasteiger partial charge in [0.15, 0.2) is 0 Å². The predicted molar refractivity (Wildman–Crippen MR) is 75.2 cm³/mol. The van der Waals surface area contributed by atoms with Crippen LogP contribution in [-0.4, -0.2) is 33.0 Å². The van der Waals surface area contributed by atoms with Crippen molar-refractivity contribution in [2.24, 2.45) is 5.92 Å². The molecule has 2 N–H and O–H groups in total. The molecule has 1 aliphatic rings. The summed E-state index contributed by atoms with van der Waals surface area (Å²) in [7, 11) is 1.63. The van der Waals surface area contributed by atoms with Gasteiger partial charge >= 0.3 is 0 Å². The molecule has 1 aliphatic heterocycles. The third kappa shape index (κ3) is 3.13. The van der Waals surface area contributed by atoms with Crippen LogP contribution in [0.25, 0.3) is 0 Å². The lowest BCUT2D eigenvalue weighted by atomic mass is 9.95. The molecule has 2 aromatic heterocycles. The third-order valence-corrected chi connectivity index (χ3v) is 3.75. The van der Waals surface area contributed by atoms with Crippen molar-refractivity contribution in [2.75, 3.05) is 7.11 Å². The lowest BCUT2D eigenvalue weighted by Crippen LogP contribution is -2.35. The van der Waals surface area contributed by atoms with Gasteiger partial charge in [0.1, 0.15) is 0 Å². The summed E-state index contributed by atoms with van der Waals surface area (Å²) in [5.41, 5.74) is 2.85. The quantitative estimate of drug-likeness (QED) is 0.845. The smallest absolute Gasteiger partial charge is 0.223 e. The van der Waals surface area contributed by atoms with E-state index in [4.69, 9.17) is 4.74 Å². The number of methoxy groups -OCH3 is 1. The molecule has 21 heavy (non-hydrogen) atoms. The molecule has 0 bridgehead atoms. The van der Waals surface area contributed by atoms with Crippen LogP contribution in [0, 0.1) is 5.92 Å². The zero-order valence-electron chi connectivity index (χ0n) is 12.0. The second-order valence-corrected chi connectivity index (χ2v) is 5.27. The van der Waals surface area contributed by atoms with E-state index in [1.54, 1.807) is 13.3 Å². The summed E-state index contributed by atoms with van der Waals surface area (Å²) in [5, 5.41) is 14.2. The molecule has 0 saturated carbocycles. The molecular formula is C14H19N5O2. The molecule has 0 fully saturated rings. The first-order chi connectivity index (χ1) is 10.3. The standard InChI is InChI=1S/C14H19N5O2/c1-21-9-12-7-11(17-18-12)8-15-14(20)10-3-5-19-13(6-10)2-4-16-19/h2,4,7,10H,3,5-6,8-9H2,1H3,(H,15,20)(H,17,18). The van der Waals surface area contributed by atoms with Crippen LogP contribution in [0.1, 0.15) is 23.5 Å². The summed E-state index contributed by atoms with van der Waals surface area (Å²) in [6, 6.07) is 3.88. The Morgan fingerprint density at radius 1 is 1.62 bits per heavy atom. The topological polar surface area (TPSA) is 84.8 Å². The first kappa shape index (κ1) is 13.8. The van der Waals surface area contributed by atoms with Crippen molar-refractivity contribution >= 4 is 5.91 Å². The van der Waals surface area contributed by atoms with Gasteiger partial charge in [0.25, 0.3) is 0 Å². The molecule has 1 unspecified atom stereocenters. The molecule has 3 heterocycles. The SMILES string of the molecule is COCc1cc(CNC(=O)C2CCn3nccc3C2)[nH]n1. The summed E-state index contributed by atoms with van der Waals surface area (Å²) in [4.78, 5) is 12.2. The van der Waals surface area contributed by atoms with Gasteiger partial charge in [0.05, 0.1) is 24.5 Å². The highest BCUT2D eigenvalue weighted by atomic mass is 16.5. The van der Waals surface area contributed by atoms with Crippen LogP contribution in [-0.2, 0) is 35.6 Å². The molecular weight excluding hydrogens is 270 g/mol. The average molecular weight is 289 g/mol. The minimum atomic E-state index is 0.0237. The van der Waals surface area contributed by atoms with Gasteiger partial charge in [-0.25, -0.2) is 0 Å². The fourth-order valence-electron chi connectivity index (χ4n) is 2.64. The van der Waals surface area contributed by atoms with Gasteiger partial charge in [0.2, 0.25) is 5.91 Å². The van der Waals surface area contributed by atoms with E-state index in [1.165, 1.54) is 0 Å². The van der Waals surface area contributed by atoms with Crippen molar-refractivity contribution < 1.29 is 9.53 Å². The number of nitrogens with one attached hydrogen (secondary N) is 2. The van der Waals surface area contributed by atoms with Gasteiger partial charge in [-0.3, -0.25) is 14.6 Å². The van der Waals surface area contributed by atoms with Crippen LogP contribution >= 0.6 is 0 Å². The minimum Gasteiger partial charge on any atom is -0.378 e. The first-order valence-electron chi connectivity index (χ1n) is 7.07. The maximum Gasteiger partial charge on any atom is 0.223 e. The minimum absolute atomic E-state index is 0.0237. The van der Waals surface area contributed by atoms with Crippen molar-refractivity contribution in [3.05, 3.63) is 35.4 Å². The molecule has 2 aromatic rings. The van der Waals surface area contributed by atoms with E-state index in [1.807, 2.05) is 16.8 Å².